The number of benzene rings is 2. The first-order valence-electron chi connectivity index (χ1n) is 7.23. The van der Waals surface area contributed by atoms with E-state index in [1.807, 2.05) is 0 Å². The largest absolute Gasteiger partial charge is 0.456 e. The van der Waals surface area contributed by atoms with E-state index < -0.39 is 34.3 Å². The first kappa shape index (κ1) is 18.6. The van der Waals surface area contributed by atoms with E-state index in [2.05, 4.69) is 0 Å². The minimum Gasteiger partial charge on any atom is -0.456 e. The Balaban J connectivity index is 1.86. The summed E-state index contributed by atoms with van der Waals surface area (Å²) >= 11 is 1.16. The van der Waals surface area contributed by atoms with Gasteiger partial charge in [-0.15, -0.1) is 11.8 Å². The number of rotatable bonds is 7. The smallest absolute Gasteiger partial charge is 0.319 e. The summed E-state index contributed by atoms with van der Waals surface area (Å²) < 4.78 is 17.8. The van der Waals surface area contributed by atoms with Crippen LogP contribution in [-0.4, -0.2) is 28.5 Å². The second-order valence-corrected chi connectivity index (χ2v) is 6.46. The Bertz CT molecular complexity index is 777. The van der Waals surface area contributed by atoms with E-state index in [4.69, 9.17) is 4.74 Å². The number of nitro groups is 1. The van der Waals surface area contributed by atoms with E-state index in [0.717, 1.165) is 23.9 Å². The van der Waals surface area contributed by atoms with Crippen molar-refractivity contribution in [3.8, 4) is 0 Å². The molecular formula is C17H14FNO5S. The number of non-ortho nitro benzene ring substituents is 1. The number of nitrogens with zero attached hydrogens (tertiary/aromatic N) is 1. The zero-order chi connectivity index (χ0) is 18.4. The number of esters is 1. The molecule has 0 aliphatic rings. The maximum absolute atomic E-state index is 12.8. The molecule has 2 aromatic carbocycles. The van der Waals surface area contributed by atoms with Gasteiger partial charge in [0.2, 0.25) is 0 Å². The van der Waals surface area contributed by atoms with Crippen LogP contribution in [0.15, 0.2) is 53.4 Å². The molecule has 0 aromatic heterocycles. The summed E-state index contributed by atoms with van der Waals surface area (Å²) in [6.45, 7) is 1.17. The Kier molecular flexibility index (Phi) is 6.24. The Morgan fingerprint density at radius 1 is 1.16 bits per heavy atom. The number of ether oxygens (including phenoxy) is 1. The molecule has 0 aliphatic heterocycles. The lowest BCUT2D eigenvalue weighted by Crippen LogP contribution is -2.21. The molecular weight excluding hydrogens is 349 g/mol. The first-order chi connectivity index (χ1) is 11.9. The Hall–Kier alpha value is -2.74. The molecule has 25 heavy (non-hydrogen) atoms. The Morgan fingerprint density at radius 3 is 2.32 bits per heavy atom. The lowest BCUT2D eigenvalue weighted by molar-refractivity contribution is -0.384. The standard InChI is InChI=1S/C17H14FNO5S/c1-11(25-15-8-6-14(7-9-15)19(22)23)17(21)24-10-16(20)12-2-4-13(18)5-3-12/h2-9,11H,10H2,1H3/t11-/m0/s1. The number of Topliss-reactive ketones (excluding diaryl/α,β-unsaturated/α-hetero) is 1. The fourth-order valence-corrected chi connectivity index (χ4v) is 2.74. The van der Waals surface area contributed by atoms with Crippen molar-refractivity contribution in [1.29, 1.82) is 0 Å². The average Bonchev–Trinajstić information content (AvgIpc) is 2.60. The van der Waals surface area contributed by atoms with Gasteiger partial charge < -0.3 is 4.74 Å². The quantitative estimate of drug-likeness (QED) is 0.245. The van der Waals surface area contributed by atoms with E-state index in [1.54, 1.807) is 6.92 Å². The predicted molar refractivity (Wildman–Crippen MR) is 90.1 cm³/mol. The maximum Gasteiger partial charge on any atom is 0.319 e. The second-order valence-electron chi connectivity index (χ2n) is 5.05. The molecule has 0 radical (unpaired) electrons. The fraction of sp³-hybridized carbons (Fsp3) is 0.176. The summed E-state index contributed by atoms with van der Waals surface area (Å²) in [7, 11) is 0. The Labute approximate surface area is 147 Å². The molecule has 1 atom stereocenters. The van der Waals surface area contributed by atoms with Gasteiger partial charge in [-0.25, -0.2) is 4.39 Å². The van der Waals surface area contributed by atoms with Gasteiger partial charge in [-0.05, 0) is 43.3 Å². The van der Waals surface area contributed by atoms with Crippen LogP contribution in [-0.2, 0) is 9.53 Å². The zero-order valence-electron chi connectivity index (χ0n) is 13.2. The van der Waals surface area contributed by atoms with Crippen LogP contribution in [0.3, 0.4) is 0 Å². The molecule has 2 aromatic rings. The normalized spacial score (nSPS) is 11.6. The van der Waals surface area contributed by atoms with Crippen LogP contribution in [0.5, 0.6) is 0 Å². The molecule has 0 saturated carbocycles. The minimum atomic E-state index is -0.595. The predicted octanol–water partition coefficient (Wildman–Crippen LogP) is 3.64. The third-order valence-electron chi connectivity index (χ3n) is 3.20. The number of thioether (sulfide) groups is 1. The summed E-state index contributed by atoms with van der Waals surface area (Å²) in [5, 5.41) is 10.0. The molecule has 0 amide bonds. The van der Waals surface area contributed by atoms with Crippen molar-refractivity contribution in [2.24, 2.45) is 0 Å². The van der Waals surface area contributed by atoms with E-state index in [-0.39, 0.29) is 11.3 Å². The van der Waals surface area contributed by atoms with Crippen LogP contribution in [0.1, 0.15) is 17.3 Å². The third kappa shape index (κ3) is 5.39. The summed E-state index contributed by atoms with van der Waals surface area (Å²) in [4.78, 5) is 34.6. The number of nitro benzene ring substituents is 1. The highest BCUT2D eigenvalue weighted by molar-refractivity contribution is 8.00. The maximum atomic E-state index is 12.8. The van der Waals surface area contributed by atoms with Crippen molar-refractivity contribution in [2.45, 2.75) is 17.1 Å². The number of carbonyl (C=O) groups is 2. The van der Waals surface area contributed by atoms with Crippen molar-refractivity contribution in [3.05, 3.63) is 70.0 Å². The number of carbonyl (C=O) groups excluding carboxylic acids is 2. The van der Waals surface area contributed by atoms with Gasteiger partial charge in [-0.2, -0.15) is 0 Å². The van der Waals surface area contributed by atoms with E-state index in [0.29, 0.717) is 4.90 Å². The van der Waals surface area contributed by atoms with Crippen molar-refractivity contribution >= 4 is 29.2 Å². The van der Waals surface area contributed by atoms with Crippen molar-refractivity contribution < 1.29 is 23.6 Å². The van der Waals surface area contributed by atoms with Gasteiger partial charge in [-0.3, -0.25) is 19.7 Å². The lowest BCUT2D eigenvalue weighted by atomic mass is 10.1. The van der Waals surface area contributed by atoms with Gasteiger partial charge >= 0.3 is 5.97 Å². The third-order valence-corrected chi connectivity index (χ3v) is 4.29. The van der Waals surface area contributed by atoms with E-state index in [9.17, 15) is 24.1 Å². The van der Waals surface area contributed by atoms with E-state index >= 15 is 0 Å². The summed E-state index contributed by atoms with van der Waals surface area (Å²) in [5.41, 5.74) is 0.217. The SMILES string of the molecule is C[C@H](Sc1ccc([N+](=O)[O-])cc1)C(=O)OCC(=O)c1ccc(F)cc1. The number of ketones is 1. The van der Waals surface area contributed by atoms with Crippen LogP contribution in [0.4, 0.5) is 10.1 Å². The summed E-state index contributed by atoms with van der Waals surface area (Å²) in [5.74, 6) is -1.47. The molecule has 130 valence electrons. The Morgan fingerprint density at radius 2 is 1.76 bits per heavy atom. The molecule has 8 heteroatoms. The van der Waals surface area contributed by atoms with Crippen LogP contribution in [0, 0.1) is 15.9 Å². The molecule has 0 bridgehead atoms. The van der Waals surface area contributed by atoms with Crippen LogP contribution >= 0.6 is 11.8 Å². The molecule has 0 N–H and O–H groups in total. The molecule has 0 aliphatic carbocycles. The van der Waals surface area contributed by atoms with Crippen molar-refractivity contribution in [2.75, 3.05) is 6.61 Å². The topological polar surface area (TPSA) is 86.5 Å². The highest BCUT2D eigenvalue weighted by atomic mass is 32.2. The van der Waals surface area contributed by atoms with E-state index in [1.165, 1.54) is 36.4 Å². The minimum absolute atomic E-state index is 0.0375. The second kappa shape index (κ2) is 8.39. The molecule has 2 rings (SSSR count). The number of hydrogen-bond acceptors (Lipinski definition) is 6. The van der Waals surface area contributed by atoms with Gasteiger partial charge in [0.1, 0.15) is 11.1 Å². The van der Waals surface area contributed by atoms with Crippen LogP contribution in [0.2, 0.25) is 0 Å². The molecule has 0 fully saturated rings. The monoisotopic (exact) mass is 363 g/mol. The number of hydrogen-bond donors (Lipinski definition) is 0. The van der Waals surface area contributed by atoms with Gasteiger partial charge in [0, 0.05) is 22.6 Å². The highest BCUT2D eigenvalue weighted by Crippen LogP contribution is 2.26. The van der Waals surface area contributed by atoms with Crippen LogP contribution in [0.25, 0.3) is 0 Å². The highest BCUT2D eigenvalue weighted by Gasteiger charge is 2.18. The molecule has 0 heterocycles. The van der Waals surface area contributed by atoms with Gasteiger partial charge in [0.25, 0.3) is 5.69 Å². The molecule has 0 saturated heterocycles. The molecule has 0 spiro atoms. The fourth-order valence-electron chi connectivity index (χ4n) is 1.87. The summed E-state index contributed by atoms with van der Waals surface area (Å²) in [6, 6.07) is 10.7. The number of halogens is 1. The molecule has 0 unspecified atom stereocenters. The van der Waals surface area contributed by atoms with Gasteiger partial charge in [0.15, 0.2) is 12.4 Å². The zero-order valence-corrected chi connectivity index (χ0v) is 14.0. The van der Waals surface area contributed by atoms with Gasteiger partial charge in [0.05, 0.1) is 4.92 Å². The van der Waals surface area contributed by atoms with Crippen molar-refractivity contribution in [3.63, 3.8) is 0 Å². The first-order valence-corrected chi connectivity index (χ1v) is 8.11. The molecule has 6 nitrogen and oxygen atoms in total. The lowest BCUT2D eigenvalue weighted by Gasteiger charge is -2.11. The van der Waals surface area contributed by atoms with Gasteiger partial charge in [-0.1, -0.05) is 0 Å². The summed E-state index contributed by atoms with van der Waals surface area (Å²) in [6.07, 6.45) is 0. The van der Waals surface area contributed by atoms with Crippen LogP contribution < -0.4 is 0 Å². The van der Waals surface area contributed by atoms with Crippen molar-refractivity contribution in [1.82, 2.24) is 0 Å². The average molecular weight is 363 g/mol.